The van der Waals surface area contributed by atoms with Crippen LogP contribution in [-0.2, 0) is 0 Å². The van der Waals surface area contributed by atoms with Gasteiger partial charge in [-0.25, -0.2) is 0 Å². The zero-order chi connectivity index (χ0) is 15.7. The van der Waals surface area contributed by atoms with Crippen LogP contribution in [0.4, 0.5) is 23.2 Å². The van der Waals surface area contributed by atoms with Crippen molar-refractivity contribution in [1.29, 1.82) is 10.5 Å². The first-order chi connectivity index (χ1) is 9.79. The number of hydrogen-bond acceptors (Lipinski definition) is 6. The van der Waals surface area contributed by atoms with E-state index in [1.54, 1.807) is 0 Å². The van der Waals surface area contributed by atoms with Crippen molar-refractivity contribution < 1.29 is 27.0 Å². The fourth-order valence-electron chi connectivity index (χ4n) is 1.33. The van der Waals surface area contributed by atoms with Gasteiger partial charge >= 0.3 is 12.2 Å². The van der Waals surface area contributed by atoms with Crippen LogP contribution in [0, 0.1) is 22.7 Å². The molecule has 0 fully saturated rings. The van der Waals surface area contributed by atoms with Gasteiger partial charge in [-0.2, -0.15) is 33.2 Å². The molecule has 1 aliphatic heterocycles. The number of fused-ring (bicyclic) bond motifs is 1. The van der Waals surface area contributed by atoms with Gasteiger partial charge in [0.15, 0.2) is 11.5 Å². The van der Waals surface area contributed by atoms with E-state index in [4.69, 9.17) is 10.5 Å². The highest BCUT2D eigenvalue weighted by Crippen LogP contribution is 2.47. The van der Waals surface area contributed by atoms with Crippen molar-refractivity contribution >= 4 is 11.4 Å². The number of hydrogen-bond donors (Lipinski definition) is 1. The molecule has 1 N–H and O–H groups in total. The molecule has 10 heteroatoms. The van der Waals surface area contributed by atoms with E-state index in [9.17, 15) is 17.6 Å². The van der Waals surface area contributed by atoms with Crippen LogP contribution in [0.5, 0.6) is 11.5 Å². The van der Waals surface area contributed by atoms with Crippen molar-refractivity contribution in [3.05, 3.63) is 18.2 Å². The van der Waals surface area contributed by atoms with E-state index >= 15 is 0 Å². The van der Waals surface area contributed by atoms with Gasteiger partial charge < -0.3 is 9.47 Å². The minimum Gasteiger partial charge on any atom is -0.421 e. The average Bonchev–Trinajstić information content (AvgIpc) is 2.40. The zero-order valence-electron chi connectivity index (χ0n) is 9.90. The Hall–Kier alpha value is -3.01. The third-order valence-corrected chi connectivity index (χ3v) is 2.27. The Labute approximate surface area is 114 Å². The monoisotopic (exact) mass is 300 g/mol. The third kappa shape index (κ3) is 2.65. The number of halogens is 4. The SMILES string of the molecule is N#CC(C#N)=NNc1ccc2c(c1)OC(F)(F)C(F)(F)O2. The fraction of sp³-hybridized carbons (Fsp3) is 0.182. The number of nitrogens with zero attached hydrogens (tertiary/aromatic N) is 3. The predicted octanol–water partition coefficient (Wildman–Crippen LogP) is 2.46. The fourth-order valence-corrected chi connectivity index (χ4v) is 1.33. The number of benzene rings is 1. The molecule has 0 unspecified atom stereocenters. The number of rotatable bonds is 2. The molecule has 0 amide bonds. The Morgan fingerprint density at radius 1 is 1.05 bits per heavy atom. The first kappa shape index (κ1) is 14.4. The lowest BCUT2D eigenvalue weighted by Crippen LogP contribution is -2.52. The summed E-state index contributed by atoms with van der Waals surface area (Å²) in [5.41, 5.74) is 1.74. The third-order valence-electron chi connectivity index (χ3n) is 2.27. The number of alkyl halides is 4. The molecule has 0 saturated carbocycles. The number of nitrogens with one attached hydrogen (secondary N) is 1. The maximum absolute atomic E-state index is 13.0. The molecule has 1 aromatic rings. The standard InChI is InChI=1S/C11H4F4N4O2/c12-10(13)11(14,15)21-9-3-6(1-2-8(9)20-10)18-19-7(4-16)5-17/h1-3,18H. The summed E-state index contributed by atoms with van der Waals surface area (Å²) in [5.74, 6) is -1.22. The minimum atomic E-state index is -4.83. The molecule has 1 heterocycles. The van der Waals surface area contributed by atoms with Crippen LogP contribution in [0.25, 0.3) is 0 Å². The molecule has 108 valence electrons. The summed E-state index contributed by atoms with van der Waals surface area (Å²) in [6.45, 7) is 0. The Morgan fingerprint density at radius 3 is 2.19 bits per heavy atom. The smallest absolute Gasteiger partial charge is 0.421 e. The van der Waals surface area contributed by atoms with Gasteiger partial charge in [0, 0.05) is 6.07 Å². The lowest BCUT2D eigenvalue weighted by Gasteiger charge is -2.31. The van der Waals surface area contributed by atoms with E-state index in [0.717, 1.165) is 18.2 Å². The quantitative estimate of drug-likeness (QED) is 0.514. The molecule has 0 radical (unpaired) electrons. The normalized spacial score (nSPS) is 17.0. The maximum atomic E-state index is 13.0. The average molecular weight is 300 g/mol. The van der Waals surface area contributed by atoms with Gasteiger partial charge in [0.1, 0.15) is 12.1 Å². The van der Waals surface area contributed by atoms with E-state index in [1.165, 1.54) is 12.1 Å². The predicted molar refractivity (Wildman–Crippen MR) is 59.9 cm³/mol. The molecule has 0 atom stereocenters. The van der Waals surface area contributed by atoms with Gasteiger partial charge in [0.25, 0.3) is 0 Å². The summed E-state index contributed by atoms with van der Waals surface area (Å²) in [6.07, 6.45) is -9.62. The van der Waals surface area contributed by atoms with Crippen molar-refractivity contribution in [3.63, 3.8) is 0 Å². The number of nitriles is 2. The summed E-state index contributed by atoms with van der Waals surface area (Å²) in [7, 11) is 0. The van der Waals surface area contributed by atoms with Crippen molar-refractivity contribution in [2.45, 2.75) is 12.2 Å². The molecular formula is C11H4F4N4O2. The molecule has 1 aromatic carbocycles. The summed E-state index contributed by atoms with van der Waals surface area (Å²) < 4.78 is 59.6. The highest BCUT2D eigenvalue weighted by molar-refractivity contribution is 6.10. The van der Waals surface area contributed by atoms with Crippen molar-refractivity contribution in [2.75, 3.05) is 5.43 Å². The van der Waals surface area contributed by atoms with Crippen LogP contribution in [0.15, 0.2) is 23.3 Å². The lowest BCUT2D eigenvalue weighted by atomic mass is 10.2. The molecule has 0 spiro atoms. The van der Waals surface area contributed by atoms with E-state index in [0.29, 0.717) is 0 Å². The molecule has 0 saturated heterocycles. The van der Waals surface area contributed by atoms with Crippen LogP contribution in [0.1, 0.15) is 0 Å². The zero-order valence-corrected chi connectivity index (χ0v) is 9.90. The van der Waals surface area contributed by atoms with Crippen LogP contribution < -0.4 is 14.9 Å². The molecule has 6 nitrogen and oxygen atoms in total. The molecule has 0 bridgehead atoms. The Morgan fingerprint density at radius 2 is 1.62 bits per heavy atom. The Balaban J connectivity index is 2.28. The second kappa shape index (κ2) is 4.83. The van der Waals surface area contributed by atoms with Gasteiger partial charge in [-0.05, 0) is 12.1 Å². The molecule has 1 aliphatic rings. The molecule has 21 heavy (non-hydrogen) atoms. The summed E-state index contributed by atoms with van der Waals surface area (Å²) >= 11 is 0. The highest BCUT2D eigenvalue weighted by Gasteiger charge is 2.65. The summed E-state index contributed by atoms with van der Waals surface area (Å²) in [5, 5.41) is 20.3. The van der Waals surface area contributed by atoms with Gasteiger partial charge in [-0.1, -0.05) is 0 Å². The van der Waals surface area contributed by atoms with Gasteiger partial charge in [-0.3, -0.25) is 5.43 Å². The van der Waals surface area contributed by atoms with Gasteiger partial charge in [-0.15, -0.1) is 0 Å². The Kier molecular flexibility index (Phi) is 3.31. The van der Waals surface area contributed by atoms with Crippen LogP contribution in [0.2, 0.25) is 0 Å². The van der Waals surface area contributed by atoms with E-state index in [2.05, 4.69) is 20.0 Å². The minimum absolute atomic E-state index is 0.0290. The maximum Gasteiger partial charge on any atom is 0.507 e. The largest absolute Gasteiger partial charge is 0.507 e. The molecule has 0 aliphatic carbocycles. The van der Waals surface area contributed by atoms with Crippen LogP contribution in [-0.4, -0.2) is 17.9 Å². The summed E-state index contributed by atoms with van der Waals surface area (Å²) in [4.78, 5) is 0. The lowest BCUT2D eigenvalue weighted by molar-refractivity contribution is -0.391. The molecular weight excluding hydrogens is 296 g/mol. The van der Waals surface area contributed by atoms with E-state index in [-0.39, 0.29) is 5.69 Å². The molecule has 0 aromatic heterocycles. The Bertz CT molecular complexity index is 674. The van der Waals surface area contributed by atoms with Crippen LogP contribution >= 0.6 is 0 Å². The second-order valence-electron chi connectivity index (χ2n) is 3.70. The second-order valence-corrected chi connectivity index (χ2v) is 3.70. The van der Waals surface area contributed by atoms with Crippen molar-refractivity contribution in [1.82, 2.24) is 0 Å². The number of hydrazone groups is 1. The van der Waals surface area contributed by atoms with Gasteiger partial charge in [0.05, 0.1) is 5.69 Å². The van der Waals surface area contributed by atoms with E-state index in [1.807, 2.05) is 0 Å². The topological polar surface area (TPSA) is 90.4 Å². The number of ether oxygens (including phenoxy) is 2. The van der Waals surface area contributed by atoms with Crippen LogP contribution in [0.3, 0.4) is 0 Å². The van der Waals surface area contributed by atoms with Gasteiger partial charge in [0.2, 0.25) is 5.71 Å². The van der Waals surface area contributed by atoms with Crippen molar-refractivity contribution in [3.8, 4) is 23.6 Å². The molecule has 2 rings (SSSR count). The van der Waals surface area contributed by atoms with E-state index < -0.39 is 29.4 Å². The van der Waals surface area contributed by atoms with Crippen molar-refractivity contribution in [2.24, 2.45) is 5.10 Å². The first-order valence-corrected chi connectivity index (χ1v) is 5.20. The first-order valence-electron chi connectivity index (χ1n) is 5.20. The number of anilines is 1. The highest BCUT2D eigenvalue weighted by atomic mass is 19.3. The summed E-state index contributed by atoms with van der Waals surface area (Å²) in [6, 6.07) is 5.95.